The van der Waals surface area contributed by atoms with Gasteiger partial charge in [-0.05, 0) is 37.1 Å². The number of ether oxygens (including phenoxy) is 2. The monoisotopic (exact) mass is 542 g/mol. The molecule has 0 fully saturated rings. The third-order valence-electron chi connectivity index (χ3n) is 6.78. The number of methoxy groups -OCH3 is 2. The number of Topliss-reactive ketones (excluding diaryl/α,β-unsaturated/α-hetero) is 2. The zero-order chi connectivity index (χ0) is 28.9. The van der Waals surface area contributed by atoms with Gasteiger partial charge in [-0.3, -0.25) is 9.59 Å². The van der Waals surface area contributed by atoms with Gasteiger partial charge in [-0.2, -0.15) is 0 Å². The molecule has 0 saturated heterocycles. The topological polar surface area (TPSA) is 93.1 Å². The van der Waals surface area contributed by atoms with Crippen molar-refractivity contribution >= 4 is 11.6 Å². The molecule has 0 aliphatic heterocycles. The van der Waals surface area contributed by atoms with E-state index in [0.717, 1.165) is 25.7 Å². The Balaban J connectivity index is 0.000000391. The maximum Gasteiger partial charge on any atom is 0.166 e. The first-order valence-corrected chi connectivity index (χ1v) is 14.7. The average molecular weight is 543 g/mol. The lowest BCUT2D eigenvalue weighted by molar-refractivity contribution is 0.0968. The highest BCUT2D eigenvalue weighted by Crippen LogP contribution is 2.26. The van der Waals surface area contributed by atoms with Crippen molar-refractivity contribution in [1.29, 1.82) is 0 Å². The van der Waals surface area contributed by atoms with Crippen LogP contribution in [0.4, 0.5) is 0 Å². The number of carbonyl (C=O) groups is 2. The van der Waals surface area contributed by atoms with Gasteiger partial charge in [-0.1, -0.05) is 84.5 Å². The van der Waals surface area contributed by atoms with Gasteiger partial charge in [0.05, 0.1) is 25.3 Å². The SMILES string of the molecule is CCCCCCCCC(=O)c1ccc(OC)cc1O.CCCCCCCCCC(=O)c1ccc(OC)cc1O. The van der Waals surface area contributed by atoms with Crippen LogP contribution in [0.3, 0.4) is 0 Å². The molecular weight excluding hydrogens is 492 g/mol. The van der Waals surface area contributed by atoms with Crippen molar-refractivity contribution in [3.05, 3.63) is 47.5 Å². The second kappa shape index (κ2) is 20.9. The third-order valence-corrected chi connectivity index (χ3v) is 6.78. The number of unbranched alkanes of at least 4 members (excludes halogenated alkanes) is 11. The summed E-state index contributed by atoms with van der Waals surface area (Å²) in [6.45, 7) is 4.40. The number of benzene rings is 2. The molecule has 2 aromatic carbocycles. The van der Waals surface area contributed by atoms with Crippen LogP contribution in [-0.4, -0.2) is 36.0 Å². The second-order valence-electron chi connectivity index (χ2n) is 10.0. The summed E-state index contributed by atoms with van der Waals surface area (Å²) in [5.74, 6) is 1.17. The zero-order valence-electron chi connectivity index (χ0n) is 24.6. The Morgan fingerprint density at radius 3 is 1.21 bits per heavy atom. The van der Waals surface area contributed by atoms with E-state index in [-0.39, 0.29) is 23.1 Å². The largest absolute Gasteiger partial charge is 0.507 e. The molecule has 218 valence electrons. The fourth-order valence-corrected chi connectivity index (χ4v) is 4.33. The van der Waals surface area contributed by atoms with Crippen molar-refractivity contribution < 1.29 is 29.3 Å². The quantitative estimate of drug-likeness (QED) is 0.136. The van der Waals surface area contributed by atoms with E-state index in [4.69, 9.17) is 9.47 Å². The maximum atomic E-state index is 12.0. The van der Waals surface area contributed by atoms with Crippen LogP contribution < -0.4 is 9.47 Å². The Morgan fingerprint density at radius 2 is 0.897 bits per heavy atom. The highest BCUT2D eigenvalue weighted by atomic mass is 16.5. The molecular formula is C33H50O6. The van der Waals surface area contributed by atoms with Gasteiger partial charge in [-0.25, -0.2) is 0 Å². The lowest BCUT2D eigenvalue weighted by Gasteiger charge is -2.06. The van der Waals surface area contributed by atoms with Crippen molar-refractivity contribution in [2.24, 2.45) is 0 Å². The zero-order valence-corrected chi connectivity index (χ0v) is 24.6. The third kappa shape index (κ3) is 14.1. The van der Waals surface area contributed by atoms with E-state index in [1.807, 2.05) is 0 Å². The summed E-state index contributed by atoms with van der Waals surface area (Å²) in [6.07, 6.45) is 16.2. The molecule has 0 spiro atoms. The number of phenols is 2. The number of hydrogen-bond acceptors (Lipinski definition) is 6. The molecule has 0 saturated carbocycles. The molecule has 0 aliphatic carbocycles. The van der Waals surface area contributed by atoms with E-state index < -0.39 is 0 Å². The smallest absolute Gasteiger partial charge is 0.166 e. The highest BCUT2D eigenvalue weighted by molar-refractivity contribution is 5.99. The van der Waals surface area contributed by atoms with E-state index >= 15 is 0 Å². The summed E-state index contributed by atoms with van der Waals surface area (Å²) in [4.78, 5) is 24.0. The van der Waals surface area contributed by atoms with E-state index in [9.17, 15) is 19.8 Å². The van der Waals surface area contributed by atoms with Gasteiger partial charge in [-0.15, -0.1) is 0 Å². The van der Waals surface area contributed by atoms with E-state index in [0.29, 0.717) is 35.5 Å². The highest BCUT2D eigenvalue weighted by Gasteiger charge is 2.12. The number of hydrogen-bond donors (Lipinski definition) is 2. The molecule has 0 aliphatic rings. The minimum absolute atomic E-state index is 0.00957. The lowest BCUT2D eigenvalue weighted by Crippen LogP contribution is -1.99. The van der Waals surface area contributed by atoms with Crippen LogP contribution in [0.25, 0.3) is 0 Å². The van der Waals surface area contributed by atoms with Gasteiger partial charge in [0.2, 0.25) is 0 Å². The molecule has 39 heavy (non-hydrogen) atoms. The van der Waals surface area contributed by atoms with E-state index in [1.54, 1.807) is 24.3 Å². The summed E-state index contributed by atoms with van der Waals surface area (Å²) >= 11 is 0. The molecule has 0 bridgehead atoms. The second-order valence-corrected chi connectivity index (χ2v) is 10.0. The summed E-state index contributed by atoms with van der Waals surface area (Å²) in [5.41, 5.74) is 0.797. The van der Waals surface area contributed by atoms with Gasteiger partial charge in [0.25, 0.3) is 0 Å². The lowest BCUT2D eigenvalue weighted by atomic mass is 10.0. The average Bonchev–Trinajstić information content (AvgIpc) is 2.94. The summed E-state index contributed by atoms with van der Waals surface area (Å²) in [6, 6.07) is 9.64. The van der Waals surface area contributed by atoms with Crippen LogP contribution in [-0.2, 0) is 0 Å². The van der Waals surface area contributed by atoms with Crippen molar-refractivity contribution in [3.63, 3.8) is 0 Å². The Hall–Kier alpha value is -3.02. The first-order chi connectivity index (χ1) is 18.9. The van der Waals surface area contributed by atoms with Crippen molar-refractivity contribution in [2.45, 2.75) is 110 Å². The Kier molecular flexibility index (Phi) is 18.2. The first-order valence-electron chi connectivity index (χ1n) is 14.7. The van der Waals surface area contributed by atoms with E-state index in [1.165, 1.54) is 84.1 Å². The predicted molar refractivity (Wildman–Crippen MR) is 159 cm³/mol. The van der Waals surface area contributed by atoms with Crippen LogP contribution in [0, 0.1) is 0 Å². The number of phenolic OH excluding ortho intramolecular Hbond substituents is 2. The number of ketones is 2. The van der Waals surface area contributed by atoms with E-state index in [2.05, 4.69) is 13.8 Å². The fraction of sp³-hybridized carbons (Fsp3) is 0.576. The van der Waals surface area contributed by atoms with Crippen molar-refractivity contribution in [3.8, 4) is 23.0 Å². The number of rotatable bonds is 19. The van der Waals surface area contributed by atoms with Gasteiger partial charge in [0, 0.05) is 25.0 Å². The van der Waals surface area contributed by atoms with Crippen LogP contribution >= 0.6 is 0 Å². The molecule has 2 rings (SSSR count). The molecule has 0 unspecified atom stereocenters. The van der Waals surface area contributed by atoms with Gasteiger partial charge < -0.3 is 19.7 Å². The van der Waals surface area contributed by atoms with Crippen LogP contribution in [0.2, 0.25) is 0 Å². The van der Waals surface area contributed by atoms with Crippen LogP contribution in [0.5, 0.6) is 23.0 Å². The predicted octanol–water partition coefficient (Wildman–Crippen LogP) is 9.06. The Morgan fingerprint density at radius 1 is 0.564 bits per heavy atom. The minimum atomic E-state index is 0.00957. The summed E-state index contributed by atoms with van der Waals surface area (Å²) in [5, 5.41) is 19.6. The van der Waals surface area contributed by atoms with Gasteiger partial charge in [0.1, 0.15) is 23.0 Å². The summed E-state index contributed by atoms with van der Waals surface area (Å²) < 4.78 is 10.00. The standard InChI is InChI=1S/C17H26O3.C16H24O3/c1-3-4-5-6-7-8-9-10-16(18)15-12-11-14(20-2)13-17(15)19;1-3-4-5-6-7-8-9-15(17)14-11-10-13(19-2)12-16(14)18/h11-13,19H,3-10H2,1-2H3;10-12,18H,3-9H2,1-2H3. The molecule has 0 aromatic heterocycles. The van der Waals surface area contributed by atoms with Crippen LogP contribution in [0.1, 0.15) is 131 Å². The van der Waals surface area contributed by atoms with Crippen molar-refractivity contribution in [2.75, 3.05) is 14.2 Å². The van der Waals surface area contributed by atoms with Gasteiger partial charge >= 0.3 is 0 Å². The fourth-order valence-electron chi connectivity index (χ4n) is 4.33. The van der Waals surface area contributed by atoms with Gasteiger partial charge in [0.15, 0.2) is 11.6 Å². The minimum Gasteiger partial charge on any atom is -0.507 e. The molecule has 2 N–H and O–H groups in total. The maximum absolute atomic E-state index is 12.0. The Bertz CT molecular complexity index is 969. The number of aromatic hydroxyl groups is 2. The first kappa shape index (κ1) is 34.0. The molecule has 0 amide bonds. The van der Waals surface area contributed by atoms with Crippen molar-refractivity contribution in [1.82, 2.24) is 0 Å². The molecule has 6 nitrogen and oxygen atoms in total. The molecule has 0 atom stereocenters. The molecule has 0 radical (unpaired) electrons. The number of carbonyl (C=O) groups excluding carboxylic acids is 2. The molecule has 6 heteroatoms. The Labute approximate surface area is 235 Å². The molecule has 2 aromatic rings. The summed E-state index contributed by atoms with van der Waals surface area (Å²) in [7, 11) is 3.07. The normalized spacial score (nSPS) is 10.5. The van der Waals surface area contributed by atoms with Crippen LogP contribution in [0.15, 0.2) is 36.4 Å². The molecule has 0 heterocycles.